The molecule has 3 rings (SSSR count). The predicted molar refractivity (Wildman–Crippen MR) is 64.3 cm³/mol. The highest BCUT2D eigenvalue weighted by molar-refractivity contribution is 5.95. The summed E-state index contributed by atoms with van der Waals surface area (Å²) in [5.41, 5.74) is 0.144. The van der Waals surface area contributed by atoms with Crippen molar-refractivity contribution in [1.29, 1.82) is 0 Å². The van der Waals surface area contributed by atoms with Crippen LogP contribution in [0.5, 0.6) is 5.75 Å². The lowest BCUT2D eigenvalue weighted by Crippen LogP contribution is -2.50. The molecule has 0 bridgehead atoms. The van der Waals surface area contributed by atoms with Gasteiger partial charge in [0, 0.05) is 12.7 Å². The number of rotatable bonds is 2. The lowest BCUT2D eigenvalue weighted by Gasteiger charge is -2.35. The zero-order valence-corrected chi connectivity index (χ0v) is 10.1. The average molecular weight is 248 g/mol. The van der Waals surface area contributed by atoms with Crippen LogP contribution in [0.3, 0.4) is 0 Å². The van der Waals surface area contributed by atoms with E-state index in [1.165, 1.54) is 12.3 Å². The lowest BCUT2D eigenvalue weighted by atomic mass is 10.1. The van der Waals surface area contributed by atoms with Crippen LogP contribution >= 0.6 is 0 Å². The van der Waals surface area contributed by atoms with E-state index in [-0.39, 0.29) is 23.4 Å². The van der Waals surface area contributed by atoms with Crippen LogP contribution in [-0.2, 0) is 4.74 Å². The van der Waals surface area contributed by atoms with Crippen molar-refractivity contribution in [2.45, 2.75) is 18.9 Å². The minimum absolute atomic E-state index is 0.0523. The van der Waals surface area contributed by atoms with E-state index in [1.807, 2.05) is 4.90 Å². The number of carbonyl (C=O) groups excluding carboxylic acids is 1. The molecule has 1 aromatic rings. The Kier molecular flexibility index (Phi) is 2.91. The number of hydrogen-bond acceptors (Lipinski definition) is 4. The normalized spacial score (nSPS) is 24.0. The van der Waals surface area contributed by atoms with Crippen LogP contribution in [0.2, 0.25) is 0 Å². The summed E-state index contributed by atoms with van der Waals surface area (Å²) in [5.74, 6) is 0.317. The van der Waals surface area contributed by atoms with E-state index in [2.05, 4.69) is 4.98 Å². The first-order valence-electron chi connectivity index (χ1n) is 6.30. The zero-order chi connectivity index (χ0) is 12.5. The molecule has 1 saturated carbocycles. The Labute approximate surface area is 105 Å². The molecule has 1 aromatic heterocycles. The van der Waals surface area contributed by atoms with Gasteiger partial charge in [-0.3, -0.25) is 4.79 Å². The molecule has 1 saturated heterocycles. The molecule has 1 atom stereocenters. The van der Waals surface area contributed by atoms with Crippen LogP contribution in [0.25, 0.3) is 0 Å². The maximum absolute atomic E-state index is 12.4. The molecule has 1 aliphatic heterocycles. The van der Waals surface area contributed by atoms with Gasteiger partial charge in [-0.2, -0.15) is 0 Å². The third-order valence-corrected chi connectivity index (χ3v) is 3.58. The molecule has 2 aliphatic rings. The summed E-state index contributed by atoms with van der Waals surface area (Å²) in [7, 11) is 0. The highest BCUT2D eigenvalue weighted by Gasteiger charge is 2.40. The molecule has 1 aliphatic carbocycles. The Morgan fingerprint density at radius 1 is 1.50 bits per heavy atom. The third kappa shape index (κ3) is 2.06. The molecular formula is C13H16N2O3. The Morgan fingerprint density at radius 3 is 3.06 bits per heavy atom. The highest BCUT2D eigenvalue weighted by Crippen LogP contribution is 2.37. The second kappa shape index (κ2) is 4.57. The molecule has 0 radical (unpaired) electrons. The number of hydrogen-bond donors (Lipinski definition) is 1. The van der Waals surface area contributed by atoms with Crippen LogP contribution < -0.4 is 0 Å². The quantitative estimate of drug-likeness (QED) is 0.849. The first-order valence-corrected chi connectivity index (χ1v) is 6.30. The number of amides is 1. The molecular weight excluding hydrogens is 232 g/mol. The van der Waals surface area contributed by atoms with E-state index < -0.39 is 0 Å². The maximum Gasteiger partial charge on any atom is 0.276 e. The van der Waals surface area contributed by atoms with Gasteiger partial charge in [-0.05, 0) is 30.9 Å². The largest absolute Gasteiger partial charge is 0.505 e. The summed E-state index contributed by atoms with van der Waals surface area (Å²) in [6.45, 7) is 1.74. The van der Waals surface area contributed by atoms with Crippen LogP contribution in [-0.4, -0.2) is 46.7 Å². The van der Waals surface area contributed by atoms with E-state index in [0.29, 0.717) is 25.7 Å². The third-order valence-electron chi connectivity index (χ3n) is 3.58. The van der Waals surface area contributed by atoms with Gasteiger partial charge in [-0.15, -0.1) is 0 Å². The van der Waals surface area contributed by atoms with Gasteiger partial charge in [0.15, 0.2) is 5.69 Å². The molecule has 2 fully saturated rings. The fourth-order valence-corrected chi connectivity index (χ4v) is 2.44. The van der Waals surface area contributed by atoms with Gasteiger partial charge in [0.2, 0.25) is 0 Å². The van der Waals surface area contributed by atoms with Crippen molar-refractivity contribution < 1.29 is 14.6 Å². The molecule has 1 N–H and O–H groups in total. The Hall–Kier alpha value is -1.62. The number of aromatic nitrogens is 1. The van der Waals surface area contributed by atoms with Crippen molar-refractivity contribution in [3.05, 3.63) is 24.0 Å². The SMILES string of the molecule is O=C(c1ncccc1O)N1CCOC[C@@H]1C1CC1. The summed E-state index contributed by atoms with van der Waals surface area (Å²) in [6.07, 6.45) is 3.84. The number of pyridine rings is 1. The lowest BCUT2D eigenvalue weighted by molar-refractivity contribution is -0.00878. The summed E-state index contributed by atoms with van der Waals surface area (Å²) in [4.78, 5) is 18.2. The van der Waals surface area contributed by atoms with E-state index in [0.717, 1.165) is 12.8 Å². The summed E-state index contributed by atoms with van der Waals surface area (Å²) < 4.78 is 5.45. The van der Waals surface area contributed by atoms with Crippen molar-refractivity contribution in [3.8, 4) is 5.75 Å². The maximum atomic E-state index is 12.4. The smallest absolute Gasteiger partial charge is 0.276 e. The minimum Gasteiger partial charge on any atom is -0.505 e. The van der Waals surface area contributed by atoms with Gasteiger partial charge >= 0.3 is 0 Å². The van der Waals surface area contributed by atoms with Crippen LogP contribution in [0.4, 0.5) is 0 Å². The first-order chi connectivity index (χ1) is 8.77. The predicted octanol–water partition coefficient (Wildman–Crippen LogP) is 1.04. The van der Waals surface area contributed by atoms with E-state index >= 15 is 0 Å². The number of ether oxygens (including phenoxy) is 1. The summed E-state index contributed by atoms with van der Waals surface area (Å²) >= 11 is 0. The van der Waals surface area contributed by atoms with Gasteiger partial charge in [-0.25, -0.2) is 4.98 Å². The minimum atomic E-state index is -0.187. The van der Waals surface area contributed by atoms with Gasteiger partial charge in [-0.1, -0.05) is 0 Å². The first kappa shape index (κ1) is 11.5. The van der Waals surface area contributed by atoms with E-state index in [9.17, 15) is 9.90 Å². The van der Waals surface area contributed by atoms with Gasteiger partial charge in [0.25, 0.3) is 5.91 Å². The molecule has 96 valence electrons. The number of nitrogens with zero attached hydrogens (tertiary/aromatic N) is 2. The second-order valence-corrected chi connectivity index (χ2v) is 4.85. The highest BCUT2D eigenvalue weighted by atomic mass is 16.5. The van der Waals surface area contributed by atoms with Gasteiger partial charge in [0.1, 0.15) is 5.75 Å². The van der Waals surface area contributed by atoms with Gasteiger partial charge in [0.05, 0.1) is 19.3 Å². The summed E-state index contributed by atoms with van der Waals surface area (Å²) in [5, 5.41) is 9.71. The standard InChI is InChI=1S/C13H16N2O3/c16-11-2-1-5-14-12(11)13(17)15-6-7-18-8-10(15)9-3-4-9/h1-2,5,9-10,16H,3-4,6-8H2/t10-/m1/s1. The topological polar surface area (TPSA) is 62.7 Å². The fourth-order valence-electron chi connectivity index (χ4n) is 2.44. The van der Waals surface area contributed by atoms with Crippen molar-refractivity contribution in [3.63, 3.8) is 0 Å². The molecule has 5 heteroatoms. The molecule has 2 heterocycles. The molecule has 0 unspecified atom stereocenters. The van der Waals surface area contributed by atoms with E-state index in [1.54, 1.807) is 6.07 Å². The van der Waals surface area contributed by atoms with Crippen molar-refractivity contribution in [2.24, 2.45) is 5.92 Å². The molecule has 18 heavy (non-hydrogen) atoms. The van der Waals surface area contributed by atoms with Crippen LogP contribution in [0.15, 0.2) is 18.3 Å². The number of morpholine rings is 1. The Bertz CT molecular complexity index is 459. The Morgan fingerprint density at radius 2 is 2.33 bits per heavy atom. The van der Waals surface area contributed by atoms with Crippen LogP contribution in [0.1, 0.15) is 23.3 Å². The summed E-state index contributed by atoms with van der Waals surface area (Å²) in [6, 6.07) is 3.25. The molecule has 0 spiro atoms. The zero-order valence-electron chi connectivity index (χ0n) is 10.1. The van der Waals surface area contributed by atoms with Gasteiger partial charge < -0.3 is 14.7 Å². The van der Waals surface area contributed by atoms with Crippen LogP contribution in [0, 0.1) is 5.92 Å². The second-order valence-electron chi connectivity index (χ2n) is 4.85. The van der Waals surface area contributed by atoms with E-state index in [4.69, 9.17) is 4.74 Å². The van der Waals surface area contributed by atoms with Crippen molar-refractivity contribution >= 4 is 5.91 Å². The number of aromatic hydroxyl groups is 1. The van der Waals surface area contributed by atoms with Crippen molar-refractivity contribution in [1.82, 2.24) is 9.88 Å². The molecule has 5 nitrogen and oxygen atoms in total. The average Bonchev–Trinajstić information content (AvgIpc) is 3.23. The molecule has 1 amide bonds. The van der Waals surface area contributed by atoms with Crippen molar-refractivity contribution in [2.75, 3.05) is 19.8 Å². The fraction of sp³-hybridized carbons (Fsp3) is 0.538. The Balaban J connectivity index is 1.84. The molecule has 0 aromatic carbocycles. The number of carbonyl (C=O) groups is 1. The monoisotopic (exact) mass is 248 g/mol.